The van der Waals surface area contributed by atoms with Crippen molar-refractivity contribution in [2.24, 2.45) is 0 Å². The maximum Gasteiger partial charge on any atom is 0.217 e. The van der Waals surface area contributed by atoms with Gasteiger partial charge in [0.15, 0.2) is 0 Å². The van der Waals surface area contributed by atoms with Crippen molar-refractivity contribution in [2.45, 2.75) is 39.2 Å². The molecule has 1 amide bonds. The molecule has 1 heterocycles. The van der Waals surface area contributed by atoms with Crippen molar-refractivity contribution in [3.63, 3.8) is 0 Å². The van der Waals surface area contributed by atoms with Gasteiger partial charge in [0.2, 0.25) is 5.91 Å². The molecular weight excluding hydrogens is 164 g/mol. The number of carbonyl (C=O) groups excluding carboxylic acids is 1. The van der Waals surface area contributed by atoms with E-state index in [-0.39, 0.29) is 11.4 Å². The molecule has 0 aliphatic carbocycles. The standard InChI is InChI=1S/C10H20N2O/c1-4-12-7-5-10(3,6-8-12)11-9(2)13/h4-8H2,1-3H3,(H,11,13). The number of hydrogen-bond acceptors (Lipinski definition) is 2. The molecule has 13 heavy (non-hydrogen) atoms. The fraction of sp³-hybridized carbons (Fsp3) is 0.900. The normalized spacial score (nSPS) is 22.7. The van der Waals surface area contributed by atoms with E-state index in [1.54, 1.807) is 6.92 Å². The van der Waals surface area contributed by atoms with Crippen molar-refractivity contribution in [1.82, 2.24) is 10.2 Å². The molecule has 0 radical (unpaired) electrons. The monoisotopic (exact) mass is 184 g/mol. The molecule has 0 aromatic heterocycles. The minimum absolute atomic E-state index is 0.0392. The van der Waals surface area contributed by atoms with E-state index in [9.17, 15) is 4.79 Å². The van der Waals surface area contributed by atoms with E-state index in [0.29, 0.717) is 0 Å². The highest BCUT2D eigenvalue weighted by atomic mass is 16.1. The summed E-state index contributed by atoms with van der Waals surface area (Å²) in [6.07, 6.45) is 2.14. The second kappa shape index (κ2) is 4.09. The molecule has 0 aromatic carbocycles. The lowest BCUT2D eigenvalue weighted by Crippen LogP contribution is -2.52. The van der Waals surface area contributed by atoms with Gasteiger partial charge in [-0.3, -0.25) is 4.79 Å². The highest BCUT2D eigenvalue weighted by Crippen LogP contribution is 2.21. The van der Waals surface area contributed by atoms with Gasteiger partial charge >= 0.3 is 0 Å². The Morgan fingerprint density at radius 2 is 2.00 bits per heavy atom. The first-order valence-electron chi connectivity index (χ1n) is 5.07. The molecule has 0 bridgehead atoms. The van der Waals surface area contributed by atoms with Crippen molar-refractivity contribution in [3.8, 4) is 0 Å². The molecule has 0 spiro atoms. The van der Waals surface area contributed by atoms with Crippen LogP contribution in [-0.2, 0) is 4.79 Å². The summed E-state index contributed by atoms with van der Waals surface area (Å²) in [5.41, 5.74) is 0.0392. The Bertz CT molecular complexity index is 183. The Hall–Kier alpha value is -0.570. The van der Waals surface area contributed by atoms with Gasteiger partial charge in [0.1, 0.15) is 0 Å². The van der Waals surface area contributed by atoms with Crippen LogP contribution in [0.25, 0.3) is 0 Å². The Morgan fingerprint density at radius 1 is 1.46 bits per heavy atom. The molecule has 3 heteroatoms. The van der Waals surface area contributed by atoms with Gasteiger partial charge < -0.3 is 10.2 Å². The smallest absolute Gasteiger partial charge is 0.217 e. The molecule has 1 fully saturated rings. The predicted octanol–water partition coefficient (Wildman–Crippen LogP) is 0.997. The molecule has 1 N–H and O–H groups in total. The predicted molar refractivity (Wildman–Crippen MR) is 53.6 cm³/mol. The highest BCUT2D eigenvalue weighted by Gasteiger charge is 2.29. The summed E-state index contributed by atoms with van der Waals surface area (Å²) < 4.78 is 0. The summed E-state index contributed by atoms with van der Waals surface area (Å²) in [7, 11) is 0. The zero-order valence-electron chi connectivity index (χ0n) is 8.89. The summed E-state index contributed by atoms with van der Waals surface area (Å²) in [6.45, 7) is 9.25. The summed E-state index contributed by atoms with van der Waals surface area (Å²) in [5.74, 6) is 0.0902. The third-order valence-electron chi connectivity index (χ3n) is 2.88. The molecule has 76 valence electrons. The molecular formula is C10H20N2O. The summed E-state index contributed by atoms with van der Waals surface area (Å²) >= 11 is 0. The van der Waals surface area contributed by atoms with E-state index in [1.165, 1.54) is 0 Å². The fourth-order valence-electron chi connectivity index (χ4n) is 1.91. The topological polar surface area (TPSA) is 32.3 Å². The molecule has 0 atom stereocenters. The van der Waals surface area contributed by atoms with Gasteiger partial charge in [0.05, 0.1) is 0 Å². The number of amides is 1. The van der Waals surface area contributed by atoms with Gasteiger partial charge in [-0.1, -0.05) is 6.92 Å². The first-order chi connectivity index (χ1) is 6.06. The van der Waals surface area contributed by atoms with Crippen molar-refractivity contribution >= 4 is 5.91 Å². The number of hydrogen-bond donors (Lipinski definition) is 1. The Morgan fingerprint density at radius 3 is 2.38 bits per heavy atom. The summed E-state index contributed by atoms with van der Waals surface area (Å²) in [4.78, 5) is 13.4. The molecule has 1 rings (SSSR count). The lowest BCUT2D eigenvalue weighted by Gasteiger charge is -2.39. The number of nitrogens with zero attached hydrogens (tertiary/aromatic N) is 1. The maximum atomic E-state index is 10.9. The highest BCUT2D eigenvalue weighted by molar-refractivity contribution is 5.73. The molecule has 0 aromatic rings. The van der Waals surface area contributed by atoms with Gasteiger partial charge in [-0.05, 0) is 26.3 Å². The largest absolute Gasteiger partial charge is 0.351 e. The van der Waals surface area contributed by atoms with E-state index in [0.717, 1.165) is 32.5 Å². The van der Waals surface area contributed by atoms with Crippen molar-refractivity contribution in [2.75, 3.05) is 19.6 Å². The van der Waals surface area contributed by atoms with Crippen LogP contribution in [0.15, 0.2) is 0 Å². The van der Waals surface area contributed by atoms with Crippen molar-refractivity contribution < 1.29 is 4.79 Å². The van der Waals surface area contributed by atoms with Crippen LogP contribution < -0.4 is 5.32 Å². The third kappa shape index (κ3) is 2.99. The van der Waals surface area contributed by atoms with Crippen LogP contribution in [0, 0.1) is 0 Å². The molecule has 1 saturated heterocycles. The first-order valence-corrected chi connectivity index (χ1v) is 5.07. The second-order valence-corrected chi connectivity index (χ2v) is 4.18. The summed E-state index contributed by atoms with van der Waals surface area (Å²) in [6, 6.07) is 0. The molecule has 3 nitrogen and oxygen atoms in total. The van der Waals surface area contributed by atoms with E-state index >= 15 is 0 Å². The number of piperidine rings is 1. The molecule has 0 unspecified atom stereocenters. The first kappa shape index (κ1) is 10.5. The van der Waals surface area contributed by atoms with Gasteiger partial charge in [0.25, 0.3) is 0 Å². The Labute approximate surface area is 80.5 Å². The Balaban J connectivity index is 2.41. The number of rotatable bonds is 2. The quantitative estimate of drug-likeness (QED) is 0.694. The lowest BCUT2D eigenvalue weighted by atomic mass is 9.89. The maximum absolute atomic E-state index is 10.9. The van der Waals surface area contributed by atoms with E-state index in [1.807, 2.05) is 0 Å². The van der Waals surface area contributed by atoms with Gasteiger partial charge in [-0.25, -0.2) is 0 Å². The van der Waals surface area contributed by atoms with Gasteiger partial charge in [0, 0.05) is 25.6 Å². The number of likely N-dealkylation sites (tertiary alicyclic amines) is 1. The SMILES string of the molecule is CCN1CCC(C)(NC(C)=O)CC1. The molecule has 1 aliphatic heterocycles. The third-order valence-corrected chi connectivity index (χ3v) is 2.88. The Kier molecular flexibility index (Phi) is 3.31. The van der Waals surface area contributed by atoms with E-state index in [4.69, 9.17) is 0 Å². The van der Waals surface area contributed by atoms with Crippen LogP contribution in [0.2, 0.25) is 0 Å². The number of carbonyl (C=O) groups is 1. The fourth-order valence-corrected chi connectivity index (χ4v) is 1.91. The van der Waals surface area contributed by atoms with E-state index in [2.05, 4.69) is 24.1 Å². The van der Waals surface area contributed by atoms with Crippen LogP contribution in [0.5, 0.6) is 0 Å². The zero-order chi connectivity index (χ0) is 9.90. The molecule has 0 saturated carbocycles. The van der Waals surface area contributed by atoms with E-state index < -0.39 is 0 Å². The van der Waals surface area contributed by atoms with Crippen LogP contribution in [-0.4, -0.2) is 36.0 Å². The van der Waals surface area contributed by atoms with Crippen molar-refractivity contribution in [1.29, 1.82) is 0 Å². The average molecular weight is 184 g/mol. The van der Waals surface area contributed by atoms with Crippen LogP contribution in [0.4, 0.5) is 0 Å². The van der Waals surface area contributed by atoms with Crippen molar-refractivity contribution in [3.05, 3.63) is 0 Å². The van der Waals surface area contributed by atoms with Crippen LogP contribution >= 0.6 is 0 Å². The van der Waals surface area contributed by atoms with Gasteiger partial charge in [-0.15, -0.1) is 0 Å². The summed E-state index contributed by atoms with van der Waals surface area (Å²) in [5, 5.41) is 3.04. The average Bonchev–Trinajstić information content (AvgIpc) is 2.04. The second-order valence-electron chi connectivity index (χ2n) is 4.18. The van der Waals surface area contributed by atoms with Crippen LogP contribution in [0.3, 0.4) is 0 Å². The minimum atomic E-state index is 0.0392. The van der Waals surface area contributed by atoms with Crippen LogP contribution in [0.1, 0.15) is 33.6 Å². The number of nitrogens with one attached hydrogen (secondary N) is 1. The molecule has 1 aliphatic rings. The zero-order valence-corrected chi connectivity index (χ0v) is 8.89. The lowest BCUT2D eigenvalue weighted by molar-refractivity contribution is -0.121. The minimum Gasteiger partial charge on any atom is -0.351 e. The van der Waals surface area contributed by atoms with Gasteiger partial charge in [-0.2, -0.15) is 0 Å².